The molecule has 0 aliphatic rings. The molecule has 0 saturated carbocycles. The summed E-state index contributed by atoms with van der Waals surface area (Å²) in [6.07, 6.45) is 7.22. The minimum Gasteiger partial charge on any atom is -0.264 e. The van der Waals surface area contributed by atoms with Crippen LogP contribution in [0.15, 0.2) is 61.2 Å². The minimum absolute atomic E-state index is 0.706. The van der Waals surface area contributed by atoms with Crippen molar-refractivity contribution in [3.8, 4) is 16.9 Å². The van der Waals surface area contributed by atoms with Gasteiger partial charge < -0.3 is 0 Å². The summed E-state index contributed by atoms with van der Waals surface area (Å²) in [6, 6.07) is 11.9. The van der Waals surface area contributed by atoms with E-state index >= 15 is 0 Å². The number of benzene rings is 1. The highest BCUT2D eigenvalue weighted by Crippen LogP contribution is 2.30. The molecule has 5 nitrogen and oxygen atoms in total. The molecule has 0 spiro atoms. The molecular formula is C17H13N5. The van der Waals surface area contributed by atoms with Gasteiger partial charge in [0.25, 0.3) is 0 Å². The molecule has 3 heterocycles. The second kappa shape index (κ2) is 5.04. The summed E-state index contributed by atoms with van der Waals surface area (Å²) < 4.78 is 1.80. The lowest BCUT2D eigenvalue weighted by Crippen LogP contribution is -1.99. The zero-order valence-corrected chi connectivity index (χ0v) is 12.0. The van der Waals surface area contributed by atoms with Crippen LogP contribution >= 0.6 is 0 Å². The van der Waals surface area contributed by atoms with Crippen LogP contribution in [0.1, 0.15) is 5.56 Å². The van der Waals surface area contributed by atoms with E-state index in [0.717, 1.165) is 22.0 Å². The van der Waals surface area contributed by atoms with E-state index < -0.39 is 0 Å². The van der Waals surface area contributed by atoms with Gasteiger partial charge in [-0.3, -0.25) is 4.98 Å². The molecule has 4 aromatic rings. The molecule has 0 aliphatic heterocycles. The highest BCUT2D eigenvalue weighted by Gasteiger charge is 2.11. The average molecular weight is 287 g/mol. The second-order valence-electron chi connectivity index (χ2n) is 5.07. The zero-order chi connectivity index (χ0) is 14.9. The molecule has 0 atom stereocenters. The summed E-state index contributed by atoms with van der Waals surface area (Å²) >= 11 is 0. The SMILES string of the molecule is Cc1ccncc1-c1cccc2c1cnn2-c1cccnn1. The number of pyridine rings is 1. The smallest absolute Gasteiger partial charge is 0.176 e. The van der Waals surface area contributed by atoms with E-state index in [1.165, 1.54) is 5.56 Å². The maximum Gasteiger partial charge on any atom is 0.176 e. The van der Waals surface area contributed by atoms with Crippen molar-refractivity contribution in [2.45, 2.75) is 6.92 Å². The Kier molecular flexibility index (Phi) is 2.89. The number of hydrogen-bond donors (Lipinski definition) is 0. The van der Waals surface area contributed by atoms with Crippen molar-refractivity contribution in [1.29, 1.82) is 0 Å². The van der Waals surface area contributed by atoms with Gasteiger partial charge in [0.2, 0.25) is 0 Å². The quantitative estimate of drug-likeness (QED) is 0.568. The Bertz CT molecular complexity index is 944. The number of aromatic nitrogens is 5. The first-order valence-electron chi connectivity index (χ1n) is 7.00. The molecule has 4 rings (SSSR count). The lowest BCUT2D eigenvalue weighted by Gasteiger charge is -2.07. The Morgan fingerprint density at radius 1 is 0.909 bits per heavy atom. The Labute approximate surface area is 127 Å². The Balaban J connectivity index is 1.97. The van der Waals surface area contributed by atoms with E-state index in [0.29, 0.717) is 5.82 Å². The van der Waals surface area contributed by atoms with Crippen LogP contribution in [-0.2, 0) is 0 Å². The van der Waals surface area contributed by atoms with E-state index in [1.54, 1.807) is 10.9 Å². The number of fused-ring (bicyclic) bond motifs is 1. The first kappa shape index (κ1) is 12.6. The van der Waals surface area contributed by atoms with Crippen LogP contribution in [0.25, 0.3) is 27.8 Å². The van der Waals surface area contributed by atoms with Gasteiger partial charge in [-0.15, -0.1) is 5.10 Å². The van der Waals surface area contributed by atoms with Crippen LogP contribution in [0.4, 0.5) is 0 Å². The fourth-order valence-corrected chi connectivity index (χ4v) is 2.62. The van der Waals surface area contributed by atoms with Crippen molar-refractivity contribution in [2.24, 2.45) is 0 Å². The van der Waals surface area contributed by atoms with E-state index in [-0.39, 0.29) is 0 Å². The summed E-state index contributed by atoms with van der Waals surface area (Å²) in [5.74, 6) is 0.706. The van der Waals surface area contributed by atoms with E-state index in [9.17, 15) is 0 Å². The van der Waals surface area contributed by atoms with Crippen molar-refractivity contribution in [3.05, 3.63) is 66.7 Å². The Hall–Kier alpha value is -3.08. The second-order valence-corrected chi connectivity index (χ2v) is 5.07. The normalized spacial score (nSPS) is 11.0. The summed E-state index contributed by atoms with van der Waals surface area (Å²) in [7, 11) is 0. The molecule has 1 aromatic carbocycles. The van der Waals surface area contributed by atoms with Gasteiger partial charge in [-0.25, -0.2) is 4.68 Å². The van der Waals surface area contributed by atoms with Crippen molar-refractivity contribution >= 4 is 10.9 Å². The molecule has 3 aromatic heterocycles. The molecule has 106 valence electrons. The Morgan fingerprint density at radius 3 is 2.68 bits per heavy atom. The van der Waals surface area contributed by atoms with Gasteiger partial charge in [-0.2, -0.15) is 10.2 Å². The van der Waals surface area contributed by atoms with Gasteiger partial charge in [0.1, 0.15) is 0 Å². The first-order valence-corrected chi connectivity index (χ1v) is 7.00. The summed E-state index contributed by atoms with van der Waals surface area (Å²) in [5, 5.41) is 13.6. The number of rotatable bonds is 2. The van der Waals surface area contributed by atoms with Gasteiger partial charge in [-0.05, 0) is 42.3 Å². The third-order valence-corrected chi connectivity index (χ3v) is 3.72. The molecule has 0 saturated heterocycles. The maximum atomic E-state index is 4.48. The van der Waals surface area contributed by atoms with E-state index in [1.807, 2.05) is 48.9 Å². The molecule has 0 unspecified atom stereocenters. The summed E-state index contributed by atoms with van der Waals surface area (Å²) in [6.45, 7) is 2.09. The number of hydrogen-bond acceptors (Lipinski definition) is 4. The molecule has 0 radical (unpaired) electrons. The van der Waals surface area contributed by atoms with Crippen LogP contribution < -0.4 is 0 Å². The monoisotopic (exact) mass is 287 g/mol. The molecule has 0 N–H and O–H groups in total. The van der Waals surface area contributed by atoms with Crippen molar-refractivity contribution in [2.75, 3.05) is 0 Å². The third-order valence-electron chi connectivity index (χ3n) is 3.72. The topological polar surface area (TPSA) is 56.5 Å². The minimum atomic E-state index is 0.706. The van der Waals surface area contributed by atoms with Gasteiger partial charge in [-0.1, -0.05) is 12.1 Å². The summed E-state index contributed by atoms with van der Waals surface area (Å²) in [4.78, 5) is 4.24. The largest absolute Gasteiger partial charge is 0.264 e. The fraction of sp³-hybridized carbons (Fsp3) is 0.0588. The van der Waals surface area contributed by atoms with Gasteiger partial charge in [0.05, 0.1) is 11.7 Å². The van der Waals surface area contributed by atoms with Crippen LogP contribution in [0, 0.1) is 6.92 Å². The van der Waals surface area contributed by atoms with Gasteiger partial charge >= 0.3 is 0 Å². The molecule has 0 bridgehead atoms. The predicted molar refractivity (Wildman–Crippen MR) is 84.6 cm³/mol. The summed E-state index contributed by atoms with van der Waals surface area (Å²) in [5.41, 5.74) is 4.43. The van der Waals surface area contributed by atoms with Crippen molar-refractivity contribution in [3.63, 3.8) is 0 Å². The lowest BCUT2D eigenvalue weighted by atomic mass is 10.00. The highest BCUT2D eigenvalue weighted by molar-refractivity contribution is 5.95. The maximum absolute atomic E-state index is 4.48. The zero-order valence-electron chi connectivity index (χ0n) is 12.0. The lowest BCUT2D eigenvalue weighted by molar-refractivity contribution is 0.836. The first-order chi connectivity index (χ1) is 10.8. The van der Waals surface area contributed by atoms with Gasteiger partial charge in [0, 0.05) is 29.5 Å². The standard InChI is InChI=1S/C17H13N5/c1-12-7-9-18-10-14(12)13-4-2-5-16-15(13)11-20-22(16)17-6-3-8-19-21-17/h2-11H,1H3. The average Bonchev–Trinajstić information content (AvgIpc) is 3.00. The third kappa shape index (κ3) is 1.95. The molecule has 0 aliphatic carbocycles. The van der Waals surface area contributed by atoms with Crippen LogP contribution in [0.2, 0.25) is 0 Å². The van der Waals surface area contributed by atoms with E-state index in [2.05, 4.69) is 33.3 Å². The molecular weight excluding hydrogens is 274 g/mol. The van der Waals surface area contributed by atoms with Crippen molar-refractivity contribution < 1.29 is 0 Å². The Morgan fingerprint density at radius 2 is 1.86 bits per heavy atom. The molecule has 0 amide bonds. The predicted octanol–water partition coefficient (Wildman–Crippen LogP) is 3.19. The van der Waals surface area contributed by atoms with Crippen LogP contribution in [0.3, 0.4) is 0 Å². The molecule has 0 fully saturated rings. The number of nitrogens with zero attached hydrogens (tertiary/aromatic N) is 5. The van der Waals surface area contributed by atoms with Crippen LogP contribution in [-0.4, -0.2) is 25.0 Å². The highest BCUT2D eigenvalue weighted by atomic mass is 15.3. The van der Waals surface area contributed by atoms with E-state index in [4.69, 9.17) is 0 Å². The number of aryl methyl sites for hydroxylation is 1. The molecule has 5 heteroatoms. The molecule has 22 heavy (non-hydrogen) atoms. The van der Waals surface area contributed by atoms with Gasteiger partial charge in [0.15, 0.2) is 5.82 Å². The fourth-order valence-electron chi connectivity index (χ4n) is 2.62. The van der Waals surface area contributed by atoms with Crippen LogP contribution in [0.5, 0.6) is 0 Å². The van der Waals surface area contributed by atoms with Crippen molar-refractivity contribution in [1.82, 2.24) is 25.0 Å².